The quantitative estimate of drug-likeness (QED) is 0.280. The van der Waals surface area contributed by atoms with E-state index in [1.165, 1.54) is 36.6 Å². The van der Waals surface area contributed by atoms with Crippen molar-refractivity contribution in [3.05, 3.63) is 93.0 Å². The number of aromatic nitrogens is 1. The minimum absolute atomic E-state index is 0.104. The van der Waals surface area contributed by atoms with E-state index in [0.29, 0.717) is 5.13 Å². The molecule has 0 atom stereocenters. The average Bonchev–Trinajstić information content (AvgIpc) is 3.21. The summed E-state index contributed by atoms with van der Waals surface area (Å²) < 4.78 is 6.06. The molecule has 1 amide bonds. The minimum atomic E-state index is -0.555. The van der Waals surface area contributed by atoms with Crippen LogP contribution in [0, 0.1) is 24.0 Å². The number of hydrogen-bond acceptors (Lipinski definition) is 6. The van der Waals surface area contributed by atoms with Gasteiger partial charge in [0.15, 0.2) is 10.9 Å². The average molecular weight is 448 g/mol. The molecule has 0 N–H and O–H groups in total. The molecule has 0 saturated heterocycles. The Morgan fingerprint density at radius 2 is 1.88 bits per heavy atom. The molecule has 1 aromatic heterocycles. The fraction of sp³-hybridized carbons (Fsp3) is 0.167. The second-order valence-electron chi connectivity index (χ2n) is 7.45. The molecule has 0 unspecified atom stereocenters. The van der Waals surface area contributed by atoms with Gasteiger partial charge in [0.2, 0.25) is 0 Å². The number of benzene rings is 3. The first-order chi connectivity index (χ1) is 15.4. The molecule has 4 rings (SSSR count). The van der Waals surface area contributed by atoms with Crippen molar-refractivity contribution in [3.8, 4) is 5.75 Å². The van der Waals surface area contributed by atoms with Gasteiger partial charge in [-0.05, 0) is 48.7 Å². The van der Waals surface area contributed by atoms with Crippen molar-refractivity contribution < 1.29 is 14.5 Å². The SMILES string of the molecule is COc1ccc(C(=O)N(Cc2ccccc2)c2nc3c(C)cc(C)cc3s2)cc1[N+](=O)[O-]. The van der Waals surface area contributed by atoms with E-state index in [1.54, 1.807) is 4.90 Å². The van der Waals surface area contributed by atoms with Crippen LogP contribution in [0.5, 0.6) is 5.75 Å². The van der Waals surface area contributed by atoms with Crippen molar-refractivity contribution in [3.63, 3.8) is 0 Å². The third-order valence-electron chi connectivity index (χ3n) is 5.10. The van der Waals surface area contributed by atoms with Gasteiger partial charge in [0, 0.05) is 11.6 Å². The highest BCUT2D eigenvalue weighted by Gasteiger charge is 2.25. The lowest BCUT2D eigenvalue weighted by Crippen LogP contribution is -2.30. The van der Waals surface area contributed by atoms with Gasteiger partial charge in [-0.15, -0.1) is 0 Å². The Hall–Kier alpha value is -3.78. The maximum atomic E-state index is 13.6. The van der Waals surface area contributed by atoms with Crippen LogP contribution in [-0.4, -0.2) is 22.9 Å². The number of thiazole rings is 1. The zero-order valence-corrected chi connectivity index (χ0v) is 18.7. The number of aryl methyl sites for hydroxylation is 2. The fourth-order valence-corrected chi connectivity index (χ4v) is 4.73. The van der Waals surface area contributed by atoms with Crippen LogP contribution in [0.1, 0.15) is 27.0 Å². The second-order valence-corrected chi connectivity index (χ2v) is 8.45. The summed E-state index contributed by atoms with van der Waals surface area (Å²) in [6.45, 7) is 4.31. The van der Waals surface area contributed by atoms with Crippen LogP contribution in [0.25, 0.3) is 10.2 Å². The van der Waals surface area contributed by atoms with E-state index < -0.39 is 4.92 Å². The van der Waals surface area contributed by atoms with E-state index in [2.05, 4.69) is 6.07 Å². The molecular formula is C24H21N3O4S. The van der Waals surface area contributed by atoms with Crippen LogP contribution in [0.3, 0.4) is 0 Å². The number of hydrogen-bond donors (Lipinski definition) is 0. The van der Waals surface area contributed by atoms with E-state index in [4.69, 9.17) is 9.72 Å². The van der Waals surface area contributed by atoms with Crippen molar-refractivity contribution in [1.29, 1.82) is 0 Å². The number of ether oxygens (including phenoxy) is 1. The molecule has 162 valence electrons. The summed E-state index contributed by atoms with van der Waals surface area (Å²) in [4.78, 5) is 30.8. The summed E-state index contributed by atoms with van der Waals surface area (Å²) in [7, 11) is 1.36. The molecule has 3 aromatic carbocycles. The highest BCUT2D eigenvalue weighted by Crippen LogP contribution is 2.34. The number of carbonyl (C=O) groups excluding carboxylic acids is 1. The normalized spacial score (nSPS) is 10.8. The van der Waals surface area contributed by atoms with Crippen molar-refractivity contribution in [2.24, 2.45) is 0 Å². The van der Waals surface area contributed by atoms with Gasteiger partial charge in [0.1, 0.15) is 0 Å². The van der Waals surface area contributed by atoms with Crippen LogP contribution < -0.4 is 9.64 Å². The largest absolute Gasteiger partial charge is 0.490 e. The van der Waals surface area contributed by atoms with E-state index >= 15 is 0 Å². The molecule has 32 heavy (non-hydrogen) atoms. The number of anilines is 1. The van der Waals surface area contributed by atoms with Crippen LogP contribution in [0.4, 0.5) is 10.8 Å². The molecule has 0 aliphatic rings. The Labute approximate surface area is 189 Å². The summed E-state index contributed by atoms with van der Waals surface area (Å²) in [5.41, 5.74) is 3.87. The fourth-order valence-electron chi connectivity index (χ4n) is 3.59. The van der Waals surface area contributed by atoms with Crippen LogP contribution in [0.2, 0.25) is 0 Å². The number of carbonyl (C=O) groups is 1. The van der Waals surface area contributed by atoms with Crippen molar-refractivity contribution in [2.45, 2.75) is 20.4 Å². The molecular weight excluding hydrogens is 426 g/mol. The Morgan fingerprint density at radius 3 is 2.56 bits per heavy atom. The molecule has 0 spiro atoms. The molecule has 0 saturated carbocycles. The van der Waals surface area contributed by atoms with E-state index in [-0.39, 0.29) is 29.5 Å². The molecule has 0 fully saturated rings. The molecule has 0 radical (unpaired) electrons. The lowest BCUT2D eigenvalue weighted by molar-refractivity contribution is -0.385. The Morgan fingerprint density at radius 1 is 1.12 bits per heavy atom. The smallest absolute Gasteiger partial charge is 0.311 e. The number of nitrogens with zero attached hydrogens (tertiary/aromatic N) is 3. The maximum absolute atomic E-state index is 13.6. The molecule has 8 heteroatoms. The lowest BCUT2D eigenvalue weighted by Gasteiger charge is -2.20. The predicted octanol–water partition coefficient (Wildman–Crippen LogP) is 5.68. The Bertz CT molecular complexity index is 1320. The summed E-state index contributed by atoms with van der Waals surface area (Å²) in [5, 5.41) is 12.0. The topological polar surface area (TPSA) is 85.6 Å². The van der Waals surface area contributed by atoms with E-state index in [0.717, 1.165) is 26.9 Å². The number of nitro benzene ring substituents is 1. The van der Waals surface area contributed by atoms with Gasteiger partial charge in [-0.3, -0.25) is 19.8 Å². The molecule has 0 bridgehead atoms. The number of nitro groups is 1. The van der Waals surface area contributed by atoms with Gasteiger partial charge in [0.05, 0.1) is 28.8 Å². The van der Waals surface area contributed by atoms with Gasteiger partial charge in [0.25, 0.3) is 5.91 Å². The van der Waals surface area contributed by atoms with Crippen molar-refractivity contribution in [2.75, 3.05) is 12.0 Å². The lowest BCUT2D eigenvalue weighted by atomic mass is 10.1. The summed E-state index contributed by atoms with van der Waals surface area (Å²) >= 11 is 1.43. The van der Waals surface area contributed by atoms with Gasteiger partial charge in [-0.1, -0.05) is 47.7 Å². The first kappa shape index (κ1) is 21.5. The first-order valence-electron chi connectivity index (χ1n) is 9.93. The van der Waals surface area contributed by atoms with Crippen LogP contribution in [-0.2, 0) is 6.54 Å². The van der Waals surface area contributed by atoms with Crippen LogP contribution >= 0.6 is 11.3 Å². The highest BCUT2D eigenvalue weighted by molar-refractivity contribution is 7.22. The number of methoxy groups -OCH3 is 1. The first-order valence-corrected chi connectivity index (χ1v) is 10.7. The number of amides is 1. The maximum Gasteiger partial charge on any atom is 0.311 e. The zero-order chi connectivity index (χ0) is 22.8. The second kappa shape index (κ2) is 8.76. The summed E-state index contributed by atoms with van der Waals surface area (Å²) in [6.07, 6.45) is 0. The molecule has 7 nitrogen and oxygen atoms in total. The van der Waals surface area contributed by atoms with Crippen molar-refractivity contribution >= 4 is 38.3 Å². The Kier molecular flexibility index (Phi) is 5.87. The molecule has 1 heterocycles. The summed E-state index contributed by atoms with van der Waals surface area (Å²) in [6, 6.07) is 17.9. The number of rotatable bonds is 6. The zero-order valence-electron chi connectivity index (χ0n) is 17.9. The molecule has 0 aliphatic carbocycles. The van der Waals surface area contributed by atoms with Gasteiger partial charge in [-0.2, -0.15) is 0 Å². The molecule has 0 aliphatic heterocycles. The minimum Gasteiger partial charge on any atom is -0.490 e. The van der Waals surface area contributed by atoms with Crippen molar-refractivity contribution in [1.82, 2.24) is 4.98 Å². The third-order valence-corrected chi connectivity index (χ3v) is 6.13. The summed E-state index contributed by atoms with van der Waals surface area (Å²) in [5.74, 6) is -0.264. The van der Waals surface area contributed by atoms with Gasteiger partial charge in [-0.25, -0.2) is 4.98 Å². The Balaban J connectivity index is 1.81. The van der Waals surface area contributed by atoms with E-state index in [9.17, 15) is 14.9 Å². The van der Waals surface area contributed by atoms with Gasteiger partial charge < -0.3 is 4.74 Å². The monoisotopic (exact) mass is 447 g/mol. The van der Waals surface area contributed by atoms with Crippen LogP contribution in [0.15, 0.2) is 60.7 Å². The van der Waals surface area contributed by atoms with Gasteiger partial charge >= 0.3 is 5.69 Å². The third kappa shape index (κ3) is 4.17. The standard InChI is InChI=1S/C24H21N3O4S/c1-15-11-16(2)22-21(12-15)32-24(25-22)26(14-17-7-5-4-6-8-17)23(28)18-9-10-20(31-3)19(13-18)27(29)30/h4-13H,14H2,1-3H3. The molecule has 4 aromatic rings. The predicted molar refractivity (Wildman–Crippen MR) is 126 cm³/mol. The number of fused-ring (bicyclic) bond motifs is 1. The highest BCUT2D eigenvalue weighted by atomic mass is 32.1. The van der Waals surface area contributed by atoms with E-state index in [1.807, 2.05) is 50.2 Å².